The van der Waals surface area contributed by atoms with Gasteiger partial charge in [0.25, 0.3) is 0 Å². The van der Waals surface area contributed by atoms with E-state index in [9.17, 15) is 4.79 Å². The van der Waals surface area contributed by atoms with Gasteiger partial charge in [-0.3, -0.25) is 4.79 Å². The van der Waals surface area contributed by atoms with E-state index in [0.29, 0.717) is 13.2 Å². The predicted octanol–water partition coefficient (Wildman–Crippen LogP) is 5.31. The molecule has 0 saturated carbocycles. The maximum absolute atomic E-state index is 12.3. The molecule has 178 valence electrons. The highest BCUT2D eigenvalue weighted by Crippen LogP contribution is 2.20. The monoisotopic (exact) mass is 460 g/mol. The van der Waals surface area contributed by atoms with E-state index in [-0.39, 0.29) is 18.6 Å². The molecule has 6 heteroatoms. The van der Waals surface area contributed by atoms with Crippen LogP contribution in [0.5, 0.6) is 11.5 Å². The van der Waals surface area contributed by atoms with Gasteiger partial charge in [-0.1, -0.05) is 36.4 Å². The van der Waals surface area contributed by atoms with Crippen LogP contribution < -0.4 is 20.1 Å². The average Bonchev–Trinajstić information content (AvgIpc) is 3.40. The molecule has 34 heavy (non-hydrogen) atoms. The van der Waals surface area contributed by atoms with E-state index >= 15 is 0 Å². The van der Waals surface area contributed by atoms with Gasteiger partial charge in [-0.15, -0.1) is 0 Å². The van der Waals surface area contributed by atoms with Crippen LogP contribution >= 0.6 is 0 Å². The fraction of sp³-hybridized carbons (Fsp3) is 0.321. The lowest BCUT2D eigenvalue weighted by molar-refractivity contribution is -0.114. The molecule has 0 aliphatic carbocycles. The van der Waals surface area contributed by atoms with Crippen LogP contribution in [0.2, 0.25) is 0 Å². The average molecular weight is 461 g/mol. The smallest absolute Gasteiger partial charge is 0.243 e. The Morgan fingerprint density at radius 1 is 0.912 bits per heavy atom. The highest BCUT2D eigenvalue weighted by molar-refractivity contribution is 5.93. The van der Waals surface area contributed by atoms with E-state index in [1.54, 1.807) is 0 Å². The predicted molar refractivity (Wildman–Crippen MR) is 135 cm³/mol. The number of carbonyl (C=O) groups excluding carboxylic acids is 1. The number of amides is 1. The van der Waals surface area contributed by atoms with Gasteiger partial charge in [0.15, 0.2) is 0 Å². The second kappa shape index (κ2) is 12.7. The standard InChI is InChI=1S/C28H32N2O4/c31-28(20-29-24-10-4-11-26(19-24)34-21-27-12-6-18-33-27)30-23-13-15-25(16-14-23)32-17-5-9-22-7-2-1-3-8-22/h1-4,7-8,10-11,13-16,19,27,29H,5-6,9,12,17-18,20-21H2,(H,30,31). The normalized spacial score (nSPS) is 15.0. The number of hydrogen-bond acceptors (Lipinski definition) is 5. The van der Waals surface area contributed by atoms with E-state index in [4.69, 9.17) is 14.2 Å². The largest absolute Gasteiger partial charge is 0.494 e. The Hall–Kier alpha value is -3.51. The number of carbonyl (C=O) groups is 1. The third-order valence-corrected chi connectivity index (χ3v) is 5.61. The topological polar surface area (TPSA) is 68.8 Å². The third kappa shape index (κ3) is 7.81. The van der Waals surface area contributed by atoms with Crippen LogP contribution in [0.25, 0.3) is 0 Å². The molecule has 1 fully saturated rings. The summed E-state index contributed by atoms with van der Waals surface area (Å²) in [6.07, 6.45) is 4.25. The fourth-order valence-corrected chi connectivity index (χ4v) is 3.79. The molecule has 6 nitrogen and oxygen atoms in total. The number of anilines is 2. The summed E-state index contributed by atoms with van der Waals surface area (Å²) in [6, 6.07) is 25.5. The van der Waals surface area contributed by atoms with Crippen molar-refractivity contribution in [2.45, 2.75) is 31.8 Å². The summed E-state index contributed by atoms with van der Waals surface area (Å²) in [4.78, 5) is 12.3. The summed E-state index contributed by atoms with van der Waals surface area (Å²) < 4.78 is 17.2. The number of hydrogen-bond donors (Lipinski definition) is 2. The van der Waals surface area contributed by atoms with Crippen molar-refractivity contribution in [3.05, 3.63) is 84.4 Å². The van der Waals surface area contributed by atoms with Crippen LogP contribution in [0.3, 0.4) is 0 Å². The summed E-state index contributed by atoms with van der Waals surface area (Å²) >= 11 is 0. The Labute approximate surface area is 201 Å². The van der Waals surface area contributed by atoms with Crippen molar-refractivity contribution in [1.29, 1.82) is 0 Å². The summed E-state index contributed by atoms with van der Waals surface area (Å²) in [7, 11) is 0. The highest BCUT2D eigenvalue weighted by atomic mass is 16.5. The Kier molecular flexibility index (Phi) is 8.80. The number of nitrogens with one attached hydrogen (secondary N) is 2. The van der Waals surface area contributed by atoms with Crippen molar-refractivity contribution >= 4 is 17.3 Å². The van der Waals surface area contributed by atoms with Gasteiger partial charge < -0.3 is 24.8 Å². The molecule has 3 aromatic carbocycles. The first-order chi connectivity index (χ1) is 16.7. The van der Waals surface area contributed by atoms with Crippen molar-refractivity contribution in [2.24, 2.45) is 0 Å². The van der Waals surface area contributed by atoms with E-state index in [1.165, 1.54) is 5.56 Å². The number of ether oxygens (including phenoxy) is 3. The van der Waals surface area contributed by atoms with Crippen LogP contribution in [-0.2, 0) is 16.0 Å². The zero-order chi connectivity index (χ0) is 23.4. The molecule has 0 aromatic heterocycles. The Balaban J connectivity index is 1.15. The molecule has 4 rings (SSSR count). The first-order valence-corrected chi connectivity index (χ1v) is 11.9. The van der Waals surface area contributed by atoms with Gasteiger partial charge >= 0.3 is 0 Å². The van der Waals surface area contributed by atoms with Gasteiger partial charge in [0.2, 0.25) is 5.91 Å². The van der Waals surface area contributed by atoms with Gasteiger partial charge in [0, 0.05) is 24.0 Å². The first-order valence-electron chi connectivity index (χ1n) is 11.9. The Morgan fingerprint density at radius 3 is 2.56 bits per heavy atom. The summed E-state index contributed by atoms with van der Waals surface area (Å²) in [6.45, 7) is 2.18. The number of rotatable bonds is 12. The maximum Gasteiger partial charge on any atom is 0.243 e. The molecule has 2 N–H and O–H groups in total. The SMILES string of the molecule is O=C(CNc1cccc(OCC2CCCO2)c1)Nc1ccc(OCCCc2ccccc2)cc1. The van der Waals surface area contributed by atoms with Crippen molar-refractivity contribution < 1.29 is 19.0 Å². The highest BCUT2D eigenvalue weighted by Gasteiger charge is 2.16. The second-order valence-corrected chi connectivity index (χ2v) is 8.34. The quantitative estimate of drug-likeness (QED) is 0.359. The Morgan fingerprint density at radius 2 is 1.76 bits per heavy atom. The molecular weight excluding hydrogens is 428 g/mol. The third-order valence-electron chi connectivity index (χ3n) is 5.61. The van der Waals surface area contributed by atoms with Crippen LogP contribution in [0.15, 0.2) is 78.9 Å². The molecule has 1 atom stereocenters. The Bertz CT molecular complexity index is 1020. The minimum Gasteiger partial charge on any atom is -0.494 e. The lowest BCUT2D eigenvalue weighted by Gasteiger charge is -2.13. The zero-order valence-electron chi connectivity index (χ0n) is 19.4. The molecule has 0 spiro atoms. The maximum atomic E-state index is 12.3. The molecule has 3 aromatic rings. The molecule has 1 amide bonds. The van der Waals surface area contributed by atoms with E-state index in [1.807, 2.05) is 54.6 Å². The van der Waals surface area contributed by atoms with Crippen LogP contribution in [0, 0.1) is 0 Å². The van der Waals surface area contributed by atoms with E-state index in [2.05, 4.69) is 34.9 Å². The van der Waals surface area contributed by atoms with Crippen molar-refractivity contribution in [1.82, 2.24) is 0 Å². The van der Waals surface area contributed by atoms with Gasteiger partial charge in [-0.2, -0.15) is 0 Å². The number of aryl methyl sites for hydroxylation is 1. The molecule has 1 aliphatic heterocycles. The molecule has 0 radical (unpaired) electrons. The molecule has 1 unspecified atom stereocenters. The van der Waals surface area contributed by atoms with Crippen LogP contribution in [-0.4, -0.2) is 38.4 Å². The molecule has 1 aliphatic rings. The number of benzene rings is 3. The van der Waals surface area contributed by atoms with Gasteiger partial charge in [0.1, 0.15) is 18.1 Å². The minimum absolute atomic E-state index is 0.123. The molecule has 1 saturated heterocycles. The van der Waals surface area contributed by atoms with E-state index < -0.39 is 0 Å². The van der Waals surface area contributed by atoms with E-state index in [0.717, 1.165) is 55.2 Å². The summed E-state index contributed by atoms with van der Waals surface area (Å²) in [5.74, 6) is 1.44. The second-order valence-electron chi connectivity index (χ2n) is 8.34. The minimum atomic E-state index is -0.123. The first kappa shape index (κ1) is 23.6. The molecule has 0 bridgehead atoms. The van der Waals surface area contributed by atoms with Gasteiger partial charge in [-0.25, -0.2) is 0 Å². The van der Waals surface area contributed by atoms with Gasteiger partial charge in [-0.05, 0) is 67.6 Å². The van der Waals surface area contributed by atoms with Gasteiger partial charge in [0.05, 0.1) is 19.3 Å². The van der Waals surface area contributed by atoms with Crippen LogP contribution in [0.4, 0.5) is 11.4 Å². The zero-order valence-corrected chi connectivity index (χ0v) is 19.4. The van der Waals surface area contributed by atoms with Crippen molar-refractivity contribution in [3.8, 4) is 11.5 Å². The summed E-state index contributed by atoms with van der Waals surface area (Å²) in [5, 5.41) is 6.04. The van der Waals surface area contributed by atoms with Crippen LogP contribution in [0.1, 0.15) is 24.8 Å². The summed E-state index contributed by atoms with van der Waals surface area (Å²) in [5.41, 5.74) is 2.88. The fourth-order valence-electron chi connectivity index (χ4n) is 3.79. The van der Waals surface area contributed by atoms with Crippen molar-refractivity contribution in [3.63, 3.8) is 0 Å². The lowest BCUT2D eigenvalue weighted by Crippen LogP contribution is -2.21. The van der Waals surface area contributed by atoms with Crippen molar-refractivity contribution in [2.75, 3.05) is 37.0 Å². The lowest BCUT2D eigenvalue weighted by atomic mass is 10.1. The molecular formula is C28H32N2O4. The molecule has 1 heterocycles.